The van der Waals surface area contributed by atoms with Crippen molar-refractivity contribution in [2.75, 3.05) is 23.7 Å². The van der Waals surface area contributed by atoms with Crippen LogP contribution in [0.15, 0.2) is 30.5 Å². The fourth-order valence-corrected chi connectivity index (χ4v) is 1.89. The maximum atomic E-state index is 12.8. The van der Waals surface area contributed by atoms with Crippen LogP contribution >= 0.6 is 0 Å². The van der Waals surface area contributed by atoms with E-state index in [1.54, 1.807) is 12.1 Å². The molecule has 0 aliphatic carbocycles. The number of rotatable bonds is 5. The Labute approximate surface area is 127 Å². The van der Waals surface area contributed by atoms with Crippen molar-refractivity contribution in [3.05, 3.63) is 36.0 Å². The normalized spacial score (nSPS) is 11.6. The molecule has 3 aromatic rings. The Morgan fingerprint density at radius 1 is 1.09 bits per heavy atom. The Balaban J connectivity index is 1.58. The van der Waals surface area contributed by atoms with E-state index in [0.29, 0.717) is 18.0 Å². The van der Waals surface area contributed by atoms with E-state index in [4.69, 9.17) is 0 Å². The highest BCUT2D eigenvalue weighted by molar-refractivity contribution is 5.46. The van der Waals surface area contributed by atoms with Crippen LogP contribution < -0.4 is 10.6 Å². The first-order valence-corrected chi connectivity index (χ1v) is 6.59. The summed E-state index contributed by atoms with van der Waals surface area (Å²) in [6, 6.07) is 5.57. The topological polar surface area (TPSA) is 92.9 Å². The van der Waals surface area contributed by atoms with Crippen LogP contribution in [0.4, 0.5) is 24.8 Å². The fourth-order valence-electron chi connectivity index (χ4n) is 1.89. The smallest absolute Gasteiger partial charge is 0.368 e. The van der Waals surface area contributed by atoms with Crippen molar-refractivity contribution in [3.8, 4) is 0 Å². The summed E-state index contributed by atoms with van der Waals surface area (Å²) >= 11 is 0. The van der Waals surface area contributed by atoms with E-state index in [2.05, 4.69) is 36.2 Å². The Hall–Kier alpha value is -2.98. The largest absolute Gasteiger partial charge is 0.419 e. The van der Waals surface area contributed by atoms with E-state index in [1.165, 1.54) is 16.9 Å². The first-order valence-electron chi connectivity index (χ1n) is 6.59. The number of hydrogen-bond acceptors (Lipinski definition) is 7. The molecule has 2 N–H and O–H groups in total. The summed E-state index contributed by atoms with van der Waals surface area (Å²) in [4.78, 5) is 3.72. The van der Waals surface area contributed by atoms with Gasteiger partial charge in [-0.05, 0) is 34.7 Å². The zero-order valence-corrected chi connectivity index (χ0v) is 11.6. The molecule has 0 radical (unpaired) electrons. The Morgan fingerprint density at radius 2 is 1.91 bits per heavy atom. The van der Waals surface area contributed by atoms with Crippen molar-refractivity contribution in [1.29, 1.82) is 0 Å². The predicted octanol–water partition coefficient (Wildman–Crippen LogP) is 1.46. The monoisotopic (exact) mass is 324 g/mol. The van der Waals surface area contributed by atoms with Crippen molar-refractivity contribution in [3.63, 3.8) is 0 Å². The lowest BCUT2D eigenvalue weighted by atomic mass is 10.2. The van der Waals surface area contributed by atoms with Gasteiger partial charge in [-0.3, -0.25) is 0 Å². The molecule has 23 heavy (non-hydrogen) atoms. The standard InChI is InChI=1S/C12H11F3N8/c13-12(14,15)8-2-1-5-17-11(8)18-7-6-16-9-3-4-10-19-21-22-23(10)20-9/h1-5H,6-7H2,(H,16,20)(H,17,18). The molecule has 120 valence electrons. The van der Waals surface area contributed by atoms with Gasteiger partial charge < -0.3 is 10.6 Å². The minimum absolute atomic E-state index is 0.203. The van der Waals surface area contributed by atoms with Crippen LogP contribution in [0.25, 0.3) is 5.65 Å². The second kappa shape index (κ2) is 6.02. The number of pyridine rings is 1. The van der Waals surface area contributed by atoms with Gasteiger partial charge in [0, 0.05) is 19.3 Å². The Kier molecular flexibility index (Phi) is 3.91. The number of aromatic nitrogens is 6. The van der Waals surface area contributed by atoms with Crippen LogP contribution in [-0.4, -0.2) is 43.3 Å². The van der Waals surface area contributed by atoms with Crippen molar-refractivity contribution < 1.29 is 13.2 Å². The van der Waals surface area contributed by atoms with E-state index in [-0.39, 0.29) is 12.4 Å². The molecule has 0 fully saturated rings. The number of tetrazole rings is 1. The third kappa shape index (κ3) is 3.44. The van der Waals surface area contributed by atoms with Gasteiger partial charge in [0.1, 0.15) is 11.6 Å². The zero-order valence-electron chi connectivity index (χ0n) is 11.6. The number of hydrogen-bond donors (Lipinski definition) is 2. The average Bonchev–Trinajstić information content (AvgIpc) is 2.98. The molecule has 0 unspecified atom stereocenters. The summed E-state index contributed by atoms with van der Waals surface area (Å²) in [5.41, 5.74) is -0.301. The highest BCUT2D eigenvalue weighted by Crippen LogP contribution is 2.33. The van der Waals surface area contributed by atoms with Crippen molar-refractivity contribution in [2.45, 2.75) is 6.18 Å². The minimum Gasteiger partial charge on any atom is -0.368 e. The van der Waals surface area contributed by atoms with Crippen LogP contribution in [0.1, 0.15) is 5.56 Å². The molecule has 0 aliphatic rings. The number of fused-ring (bicyclic) bond motifs is 1. The minimum atomic E-state index is -4.45. The quantitative estimate of drug-likeness (QED) is 0.686. The Bertz CT molecular complexity index is 800. The molecule has 11 heteroatoms. The molecule has 3 aromatic heterocycles. The first kappa shape index (κ1) is 14.9. The van der Waals surface area contributed by atoms with Crippen LogP contribution in [0.5, 0.6) is 0 Å². The summed E-state index contributed by atoms with van der Waals surface area (Å²) in [5.74, 6) is 0.300. The molecule has 0 bridgehead atoms. The van der Waals surface area contributed by atoms with Gasteiger partial charge in [-0.1, -0.05) is 0 Å². The van der Waals surface area contributed by atoms with E-state index in [0.717, 1.165) is 6.07 Å². The molecule has 0 aliphatic heterocycles. The van der Waals surface area contributed by atoms with E-state index >= 15 is 0 Å². The molecule has 0 atom stereocenters. The molecule has 0 saturated carbocycles. The molecule has 3 heterocycles. The van der Waals surface area contributed by atoms with Gasteiger partial charge in [0.15, 0.2) is 5.65 Å². The molecule has 8 nitrogen and oxygen atoms in total. The molecular weight excluding hydrogens is 313 g/mol. The van der Waals surface area contributed by atoms with Crippen LogP contribution in [0.2, 0.25) is 0 Å². The summed E-state index contributed by atoms with van der Waals surface area (Å²) in [5, 5.41) is 20.5. The van der Waals surface area contributed by atoms with Gasteiger partial charge in [0.05, 0.1) is 5.56 Å². The molecule has 0 amide bonds. The van der Waals surface area contributed by atoms with Crippen LogP contribution in [-0.2, 0) is 6.18 Å². The summed E-state index contributed by atoms with van der Waals surface area (Å²) in [6.07, 6.45) is -3.14. The van der Waals surface area contributed by atoms with E-state index in [9.17, 15) is 13.2 Å². The fraction of sp³-hybridized carbons (Fsp3) is 0.250. The van der Waals surface area contributed by atoms with Crippen LogP contribution in [0.3, 0.4) is 0 Å². The summed E-state index contributed by atoms with van der Waals surface area (Å²) in [7, 11) is 0. The number of anilines is 2. The van der Waals surface area contributed by atoms with Gasteiger partial charge >= 0.3 is 6.18 Å². The SMILES string of the molecule is FC(F)(F)c1cccnc1NCCNc1ccc2nnnn2n1. The van der Waals surface area contributed by atoms with E-state index in [1.807, 2.05) is 0 Å². The lowest BCUT2D eigenvalue weighted by molar-refractivity contribution is -0.137. The van der Waals surface area contributed by atoms with E-state index < -0.39 is 11.7 Å². The second-order valence-electron chi connectivity index (χ2n) is 4.50. The van der Waals surface area contributed by atoms with Crippen molar-refractivity contribution in [2.24, 2.45) is 0 Å². The average molecular weight is 324 g/mol. The number of nitrogens with one attached hydrogen (secondary N) is 2. The van der Waals surface area contributed by atoms with Gasteiger partial charge in [-0.25, -0.2) is 4.98 Å². The van der Waals surface area contributed by atoms with Crippen LogP contribution in [0, 0.1) is 0 Å². The number of halogens is 3. The Morgan fingerprint density at radius 3 is 2.74 bits per heavy atom. The second-order valence-corrected chi connectivity index (χ2v) is 4.50. The lowest BCUT2D eigenvalue weighted by Crippen LogP contribution is -2.18. The maximum Gasteiger partial charge on any atom is 0.419 e. The van der Waals surface area contributed by atoms with Crippen molar-refractivity contribution >= 4 is 17.3 Å². The molecule has 0 aromatic carbocycles. The van der Waals surface area contributed by atoms with Gasteiger partial charge in [-0.2, -0.15) is 13.2 Å². The zero-order chi connectivity index (χ0) is 16.3. The summed E-state index contributed by atoms with van der Waals surface area (Å²) in [6.45, 7) is 0.573. The third-order valence-electron chi connectivity index (χ3n) is 2.91. The highest BCUT2D eigenvalue weighted by Gasteiger charge is 2.33. The maximum absolute atomic E-state index is 12.8. The molecule has 0 spiro atoms. The number of alkyl halides is 3. The lowest BCUT2D eigenvalue weighted by Gasteiger charge is -2.13. The molecular formula is C12H11F3N8. The molecule has 0 saturated heterocycles. The van der Waals surface area contributed by atoms with Gasteiger partial charge in [-0.15, -0.1) is 14.8 Å². The van der Waals surface area contributed by atoms with Gasteiger partial charge in [0.2, 0.25) is 0 Å². The highest BCUT2D eigenvalue weighted by atomic mass is 19.4. The van der Waals surface area contributed by atoms with Gasteiger partial charge in [0.25, 0.3) is 0 Å². The number of nitrogens with zero attached hydrogens (tertiary/aromatic N) is 6. The molecule has 3 rings (SSSR count). The van der Waals surface area contributed by atoms with Crippen molar-refractivity contribution in [1.82, 2.24) is 30.2 Å². The first-order chi connectivity index (χ1) is 11.0. The third-order valence-corrected chi connectivity index (χ3v) is 2.91. The summed E-state index contributed by atoms with van der Waals surface area (Å²) < 4.78 is 39.7. The predicted molar refractivity (Wildman–Crippen MR) is 74.8 cm³/mol.